The Bertz CT molecular complexity index is 1080. The molecule has 1 amide bonds. The molecule has 1 aromatic heterocycles. The number of rotatable bonds is 7. The van der Waals surface area contributed by atoms with Crippen molar-refractivity contribution in [3.8, 4) is 6.07 Å². The summed E-state index contributed by atoms with van der Waals surface area (Å²) < 4.78 is 27.2. The van der Waals surface area contributed by atoms with Gasteiger partial charge in [0.05, 0.1) is 18.1 Å². The van der Waals surface area contributed by atoms with Crippen molar-refractivity contribution in [2.45, 2.75) is 17.2 Å². The Balaban J connectivity index is 1.53. The molecule has 0 radical (unpaired) electrons. The van der Waals surface area contributed by atoms with E-state index in [2.05, 4.69) is 10.0 Å². The van der Waals surface area contributed by atoms with E-state index in [1.165, 1.54) is 0 Å². The second-order valence-corrected chi connectivity index (χ2v) is 8.85. The number of nitrogens with zero attached hydrogens (tertiary/aromatic N) is 1. The second-order valence-electron chi connectivity index (χ2n) is 6.00. The largest absolute Gasteiger partial charge is 0.352 e. The van der Waals surface area contributed by atoms with E-state index in [1.54, 1.807) is 66.0 Å². The molecule has 1 heterocycles. The molecular weight excluding hydrogens is 394 g/mol. The van der Waals surface area contributed by atoms with Gasteiger partial charge in [0.1, 0.15) is 4.21 Å². The van der Waals surface area contributed by atoms with E-state index in [0.717, 1.165) is 22.5 Å². The third-order valence-electron chi connectivity index (χ3n) is 3.90. The first kappa shape index (κ1) is 19.6. The molecule has 0 bridgehead atoms. The molecule has 142 valence electrons. The minimum atomic E-state index is -3.58. The molecule has 0 fully saturated rings. The Morgan fingerprint density at radius 2 is 1.68 bits per heavy atom. The maximum atomic E-state index is 12.2. The van der Waals surface area contributed by atoms with Gasteiger partial charge in [0.25, 0.3) is 10.0 Å². The van der Waals surface area contributed by atoms with Gasteiger partial charge in [0.15, 0.2) is 0 Å². The van der Waals surface area contributed by atoms with Gasteiger partial charge in [0, 0.05) is 12.2 Å². The predicted molar refractivity (Wildman–Crippen MR) is 108 cm³/mol. The molecule has 3 aromatic rings. The fraction of sp³-hybridized carbons (Fsp3) is 0.100. The summed E-state index contributed by atoms with van der Waals surface area (Å²) in [6, 6.07) is 19.0. The molecule has 0 aliphatic rings. The molecule has 8 heteroatoms. The van der Waals surface area contributed by atoms with Crippen LogP contribution in [0.3, 0.4) is 0 Å². The molecule has 2 N–H and O–H groups in total. The van der Waals surface area contributed by atoms with E-state index >= 15 is 0 Å². The minimum Gasteiger partial charge on any atom is -0.352 e. The Kier molecular flexibility index (Phi) is 6.09. The molecule has 0 atom stereocenters. The molecule has 6 nitrogen and oxygen atoms in total. The van der Waals surface area contributed by atoms with Crippen LogP contribution in [0.2, 0.25) is 0 Å². The first-order valence-electron chi connectivity index (χ1n) is 8.37. The van der Waals surface area contributed by atoms with Crippen molar-refractivity contribution in [1.29, 1.82) is 5.26 Å². The summed E-state index contributed by atoms with van der Waals surface area (Å²) in [5.41, 5.74) is 2.70. The van der Waals surface area contributed by atoms with Crippen molar-refractivity contribution >= 4 is 33.0 Å². The summed E-state index contributed by atoms with van der Waals surface area (Å²) in [7, 11) is -3.58. The molecule has 0 unspecified atom stereocenters. The predicted octanol–water partition coefficient (Wildman–Crippen LogP) is 3.28. The summed E-state index contributed by atoms with van der Waals surface area (Å²) in [6.07, 6.45) is 0.189. The van der Waals surface area contributed by atoms with Crippen molar-refractivity contribution in [3.05, 3.63) is 82.7 Å². The number of sulfonamides is 1. The van der Waals surface area contributed by atoms with Crippen LogP contribution in [0.5, 0.6) is 0 Å². The number of thiophene rings is 1. The Morgan fingerprint density at radius 3 is 2.29 bits per heavy atom. The van der Waals surface area contributed by atoms with Crippen LogP contribution in [0.25, 0.3) is 0 Å². The number of amides is 1. The zero-order chi connectivity index (χ0) is 20.0. The van der Waals surface area contributed by atoms with Gasteiger partial charge in [-0.25, -0.2) is 8.42 Å². The van der Waals surface area contributed by atoms with Crippen molar-refractivity contribution < 1.29 is 13.2 Å². The SMILES string of the molecule is N#Cc1ccc(CNC(=O)Cc2ccc(NS(=O)(=O)c3cccs3)cc2)cc1. The average molecular weight is 412 g/mol. The number of nitriles is 1. The van der Waals surface area contributed by atoms with Crippen LogP contribution in [-0.4, -0.2) is 14.3 Å². The molecule has 3 rings (SSSR count). The molecule has 0 spiro atoms. The van der Waals surface area contributed by atoms with E-state index in [1.807, 2.05) is 6.07 Å². The minimum absolute atomic E-state index is 0.142. The highest BCUT2D eigenvalue weighted by molar-refractivity contribution is 7.94. The van der Waals surface area contributed by atoms with Crippen LogP contribution < -0.4 is 10.0 Å². The fourth-order valence-electron chi connectivity index (χ4n) is 2.46. The van der Waals surface area contributed by atoms with Crippen LogP contribution in [-0.2, 0) is 27.8 Å². The zero-order valence-corrected chi connectivity index (χ0v) is 16.4. The molecular formula is C20H17N3O3S2. The number of benzene rings is 2. The Morgan fingerprint density at radius 1 is 1.00 bits per heavy atom. The average Bonchev–Trinajstić information content (AvgIpc) is 3.24. The van der Waals surface area contributed by atoms with Crippen molar-refractivity contribution in [3.63, 3.8) is 0 Å². The Hall–Kier alpha value is -3.15. The summed E-state index contributed by atoms with van der Waals surface area (Å²) in [6.45, 7) is 0.378. The molecule has 0 saturated carbocycles. The fourth-order valence-corrected chi connectivity index (χ4v) is 4.51. The van der Waals surface area contributed by atoms with Gasteiger partial charge in [0.2, 0.25) is 5.91 Å². The quantitative estimate of drug-likeness (QED) is 0.623. The maximum absolute atomic E-state index is 12.2. The summed E-state index contributed by atoms with van der Waals surface area (Å²) in [5, 5.41) is 13.3. The number of carbonyl (C=O) groups excluding carboxylic acids is 1. The van der Waals surface area contributed by atoms with Crippen LogP contribution in [0, 0.1) is 11.3 Å². The lowest BCUT2D eigenvalue weighted by Crippen LogP contribution is -2.24. The van der Waals surface area contributed by atoms with Gasteiger partial charge < -0.3 is 5.32 Å². The van der Waals surface area contributed by atoms with Gasteiger partial charge in [-0.3, -0.25) is 9.52 Å². The van der Waals surface area contributed by atoms with Gasteiger partial charge in [-0.1, -0.05) is 30.3 Å². The first-order chi connectivity index (χ1) is 13.5. The first-order valence-corrected chi connectivity index (χ1v) is 10.7. The summed E-state index contributed by atoms with van der Waals surface area (Å²) >= 11 is 1.15. The van der Waals surface area contributed by atoms with E-state index in [0.29, 0.717) is 17.8 Å². The van der Waals surface area contributed by atoms with E-state index in [9.17, 15) is 13.2 Å². The van der Waals surface area contributed by atoms with Crippen molar-refractivity contribution in [1.82, 2.24) is 5.32 Å². The molecule has 0 saturated heterocycles. The third kappa shape index (κ3) is 5.19. The summed E-state index contributed by atoms with van der Waals surface area (Å²) in [5.74, 6) is -0.142. The number of nitrogens with one attached hydrogen (secondary N) is 2. The lowest BCUT2D eigenvalue weighted by molar-refractivity contribution is -0.120. The topological polar surface area (TPSA) is 99.1 Å². The van der Waals surface area contributed by atoms with E-state index in [4.69, 9.17) is 5.26 Å². The normalized spacial score (nSPS) is 10.8. The van der Waals surface area contributed by atoms with Crippen LogP contribution in [0.4, 0.5) is 5.69 Å². The number of carbonyl (C=O) groups is 1. The van der Waals surface area contributed by atoms with E-state index in [-0.39, 0.29) is 16.5 Å². The maximum Gasteiger partial charge on any atom is 0.271 e. The molecule has 0 aliphatic heterocycles. The molecule has 2 aromatic carbocycles. The lowest BCUT2D eigenvalue weighted by atomic mass is 10.1. The third-order valence-corrected chi connectivity index (χ3v) is 6.68. The van der Waals surface area contributed by atoms with Gasteiger partial charge in [-0.05, 0) is 46.8 Å². The van der Waals surface area contributed by atoms with Gasteiger partial charge in [-0.2, -0.15) is 5.26 Å². The zero-order valence-electron chi connectivity index (χ0n) is 14.8. The van der Waals surface area contributed by atoms with Crippen molar-refractivity contribution in [2.75, 3.05) is 4.72 Å². The number of anilines is 1. The van der Waals surface area contributed by atoms with Gasteiger partial charge >= 0.3 is 0 Å². The summed E-state index contributed by atoms with van der Waals surface area (Å²) in [4.78, 5) is 12.1. The molecule has 0 aliphatic carbocycles. The smallest absolute Gasteiger partial charge is 0.271 e. The highest BCUT2D eigenvalue weighted by Crippen LogP contribution is 2.20. The number of hydrogen-bond donors (Lipinski definition) is 2. The number of hydrogen-bond acceptors (Lipinski definition) is 5. The highest BCUT2D eigenvalue weighted by Gasteiger charge is 2.15. The highest BCUT2D eigenvalue weighted by atomic mass is 32.2. The monoisotopic (exact) mass is 411 g/mol. The van der Waals surface area contributed by atoms with Crippen molar-refractivity contribution in [2.24, 2.45) is 0 Å². The second kappa shape index (κ2) is 8.69. The molecule has 28 heavy (non-hydrogen) atoms. The van der Waals surface area contributed by atoms with Crippen LogP contribution in [0.1, 0.15) is 16.7 Å². The van der Waals surface area contributed by atoms with Crippen LogP contribution in [0.15, 0.2) is 70.3 Å². The van der Waals surface area contributed by atoms with Gasteiger partial charge in [-0.15, -0.1) is 11.3 Å². The Labute approximate surface area is 167 Å². The lowest BCUT2D eigenvalue weighted by Gasteiger charge is -2.08. The standard InChI is InChI=1S/C20H17N3O3S2/c21-13-16-3-5-17(6-4-16)14-22-19(24)12-15-7-9-18(10-8-15)23-28(25,26)20-2-1-11-27-20/h1-11,23H,12,14H2,(H,22,24). The van der Waals surface area contributed by atoms with E-state index < -0.39 is 10.0 Å². The van der Waals surface area contributed by atoms with Crippen LogP contribution >= 0.6 is 11.3 Å².